The summed E-state index contributed by atoms with van der Waals surface area (Å²) in [4.78, 5) is 11.1. The van der Waals surface area contributed by atoms with Gasteiger partial charge in [-0.3, -0.25) is 0 Å². The van der Waals surface area contributed by atoms with E-state index < -0.39 is 19.9 Å². The van der Waals surface area contributed by atoms with Crippen molar-refractivity contribution in [3.63, 3.8) is 0 Å². The molecule has 1 N–H and O–H groups in total. The standard InChI is InChI=1S/C13H18BrFO2Si/c1-4-18(5-2,6-3)10-8-7-9(14)11(12(10)15)13(16)17/h7-8H,4-6H2,1-3H3,(H,16,17). The lowest BCUT2D eigenvalue weighted by atomic mass is 10.2. The average molecular weight is 333 g/mol. The highest BCUT2D eigenvalue weighted by atomic mass is 79.9. The number of benzene rings is 1. The molecule has 0 heterocycles. The molecule has 0 atom stereocenters. The van der Waals surface area contributed by atoms with E-state index in [4.69, 9.17) is 5.11 Å². The normalized spacial score (nSPS) is 11.6. The van der Waals surface area contributed by atoms with Crippen molar-refractivity contribution in [1.82, 2.24) is 0 Å². The molecule has 0 aliphatic rings. The highest BCUT2D eigenvalue weighted by molar-refractivity contribution is 9.10. The molecule has 0 amide bonds. The van der Waals surface area contributed by atoms with Crippen LogP contribution in [0.4, 0.5) is 4.39 Å². The van der Waals surface area contributed by atoms with Crippen molar-refractivity contribution >= 4 is 35.2 Å². The number of carboxylic acids is 1. The first-order chi connectivity index (χ1) is 8.43. The first-order valence-corrected chi connectivity index (χ1v) is 9.56. The summed E-state index contributed by atoms with van der Waals surface area (Å²) in [5.41, 5.74) is -0.236. The van der Waals surface area contributed by atoms with E-state index in [0.29, 0.717) is 9.66 Å². The number of carboxylic acid groups (broad SMARTS) is 1. The molecule has 5 heteroatoms. The zero-order chi connectivity index (χ0) is 13.9. The van der Waals surface area contributed by atoms with Crippen molar-refractivity contribution in [2.75, 3.05) is 0 Å². The molecule has 0 aliphatic heterocycles. The fraction of sp³-hybridized carbons (Fsp3) is 0.462. The summed E-state index contributed by atoms with van der Waals surface area (Å²) >= 11 is 3.11. The Hall–Kier alpha value is -0.683. The molecule has 0 spiro atoms. The molecule has 0 saturated heterocycles. The van der Waals surface area contributed by atoms with Gasteiger partial charge in [0.25, 0.3) is 0 Å². The number of carbonyl (C=O) groups is 1. The molecule has 18 heavy (non-hydrogen) atoms. The number of aromatic carboxylic acids is 1. The largest absolute Gasteiger partial charge is 0.478 e. The van der Waals surface area contributed by atoms with Gasteiger partial charge < -0.3 is 5.11 Å². The van der Waals surface area contributed by atoms with Crippen LogP contribution in [0.2, 0.25) is 18.1 Å². The summed E-state index contributed by atoms with van der Waals surface area (Å²) in [6.45, 7) is 6.21. The van der Waals surface area contributed by atoms with E-state index in [1.807, 2.05) is 0 Å². The zero-order valence-corrected chi connectivity index (χ0v) is 13.5. The number of rotatable bonds is 5. The third kappa shape index (κ3) is 2.52. The number of hydrogen-bond acceptors (Lipinski definition) is 1. The van der Waals surface area contributed by atoms with E-state index in [1.165, 1.54) is 0 Å². The Morgan fingerprint density at radius 3 is 2.17 bits per heavy atom. The monoisotopic (exact) mass is 332 g/mol. The smallest absolute Gasteiger partial charge is 0.339 e. The molecule has 0 aromatic heterocycles. The third-order valence-corrected chi connectivity index (χ3v) is 10.2. The lowest BCUT2D eigenvalue weighted by molar-refractivity contribution is 0.0691. The van der Waals surface area contributed by atoms with Crippen LogP contribution in [0.3, 0.4) is 0 Å². The molecular formula is C13H18BrFO2Si. The first kappa shape index (κ1) is 15.4. The van der Waals surface area contributed by atoms with Gasteiger partial charge in [-0.05, 0) is 27.2 Å². The topological polar surface area (TPSA) is 37.3 Å². The molecule has 1 aromatic carbocycles. The van der Waals surface area contributed by atoms with Crippen LogP contribution in [0.1, 0.15) is 31.1 Å². The third-order valence-electron chi connectivity index (χ3n) is 3.91. The van der Waals surface area contributed by atoms with Crippen LogP contribution in [-0.4, -0.2) is 19.1 Å². The Labute approximate surface area is 116 Å². The molecule has 0 aliphatic carbocycles. The maximum absolute atomic E-state index is 14.5. The van der Waals surface area contributed by atoms with Crippen molar-refractivity contribution < 1.29 is 14.3 Å². The van der Waals surface area contributed by atoms with Gasteiger partial charge in [0.05, 0.1) is 8.07 Å². The molecule has 0 unspecified atom stereocenters. The van der Waals surface area contributed by atoms with Crippen LogP contribution >= 0.6 is 15.9 Å². The Morgan fingerprint density at radius 1 is 1.28 bits per heavy atom. The van der Waals surface area contributed by atoms with Crippen molar-refractivity contribution in [2.45, 2.75) is 38.9 Å². The molecule has 0 saturated carbocycles. The fourth-order valence-corrected chi connectivity index (χ4v) is 6.63. The quantitative estimate of drug-likeness (QED) is 0.827. The van der Waals surface area contributed by atoms with Gasteiger partial charge in [0.1, 0.15) is 11.4 Å². The molecule has 2 nitrogen and oxygen atoms in total. The Morgan fingerprint density at radius 2 is 1.78 bits per heavy atom. The van der Waals surface area contributed by atoms with Crippen LogP contribution in [0.25, 0.3) is 0 Å². The van der Waals surface area contributed by atoms with Crippen LogP contribution in [0.5, 0.6) is 0 Å². The molecule has 0 bridgehead atoms. The van der Waals surface area contributed by atoms with E-state index in [1.54, 1.807) is 12.1 Å². The molecular weight excluding hydrogens is 315 g/mol. The van der Waals surface area contributed by atoms with Gasteiger partial charge in [-0.15, -0.1) is 0 Å². The Bertz CT molecular complexity index is 450. The second kappa shape index (κ2) is 5.97. The maximum Gasteiger partial charge on any atom is 0.339 e. The predicted molar refractivity (Wildman–Crippen MR) is 77.9 cm³/mol. The summed E-state index contributed by atoms with van der Waals surface area (Å²) < 4.78 is 14.8. The lowest BCUT2D eigenvalue weighted by Crippen LogP contribution is -2.48. The van der Waals surface area contributed by atoms with Crippen molar-refractivity contribution in [1.29, 1.82) is 0 Å². The molecule has 0 radical (unpaired) electrons. The Kier molecular flexibility index (Phi) is 5.10. The van der Waals surface area contributed by atoms with Gasteiger partial charge in [-0.25, -0.2) is 9.18 Å². The van der Waals surface area contributed by atoms with E-state index in [9.17, 15) is 9.18 Å². The van der Waals surface area contributed by atoms with Gasteiger partial charge in [-0.1, -0.05) is 45.0 Å². The molecule has 1 aromatic rings. The van der Waals surface area contributed by atoms with Gasteiger partial charge in [0.2, 0.25) is 0 Å². The summed E-state index contributed by atoms with van der Waals surface area (Å²) in [5.74, 6) is -1.76. The second-order valence-corrected chi connectivity index (χ2v) is 10.5. The van der Waals surface area contributed by atoms with Gasteiger partial charge in [-0.2, -0.15) is 0 Å². The van der Waals surface area contributed by atoms with Crippen molar-refractivity contribution in [2.24, 2.45) is 0 Å². The Balaban J connectivity index is 3.52. The average Bonchev–Trinajstić information content (AvgIpc) is 2.33. The van der Waals surface area contributed by atoms with Gasteiger partial charge >= 0.3 is 5.97 Å². The van der Waals surface area contributed by atoms with Crippen molar-refractivity contribution in [3.05, 3.63) is 28.0 Å². The molecule has 100 valence electrons. The van der Waals surface area contributed by atoms with E-state index in [-0.39, 0.29) is 5.56 Å². The highest BCUT2D eigenvalue weighted by Crippen LogP contribution is 2.26. The predicted octanol–water partition coefficient (Wildman–Crippen LogP) is 4.00. The van der Waals surface area contributed by atoms with E-state index in [2.05, 4.69) is 36.7 Å². The van der Waals surface area contributed by atoms with E-state index in [0.717, 1.165) is 18.1 Å². The van der Waals surface area contributed by atoms with Gasteiger partial charge in [0.15, 0.2) is 0 Å². The molecule has 1 rings (SSSR count). The minimum absolute atomic E-state index is 0.236. The van der Waals surface area contributed by atoms with E-state index >= 15 is 0 Å². The van der Waals surface area contributed by atoms with Crippen LogP contribution in [-0.2, 0) is 0 Å². The lowest BCUT2D eigenvalue weighted by Gasteiger charge is -2.29. The number of hydrogen-bond donors (Lipinski definition) is 1. The van der Waals surface area contributed by atoms with Crippen LogP contribution in [0.15, 0.2) is 16.6 Å². The fourth-order valence-electron chi connectivity index (χ4n) is 2.48. The maximum atomic E-state index is 14.5. The highest BCUT2D eigenvalue weighted by Gasteiger charge is 2.34. The summed E-state index contributed by atoms with van der Waals surface area (Å²) in [6.07, 6.45) is 0. The summed E-state index contributed by atoms with van der Waals surface area (Å²) in [7, 11) is -1.90. The summed E-state index contributed by atoms with van der Waals surface area (Å²) in [5, 5.41) is 9.75. The van der Waals surface area contributed by atoms with Gasteiger partial charge in [0, 0.05) is 4.47 Å². The SMILES string of the molecule is CC[Si](CC)(CC)c1ccc(Br)c(C(=O)O)c1F. The van der Waals surface area contributed by atoms with Crippen LogP contribution < -0.4 is 5.19 Å². The minimum atomic E-state index is -1.90. The minimum Gasteiger partial charge on any atom is -0.478 e. The molecule has 0 fully saturated rings. The second-order valence-electron chi connectivity index (χ2n) is 4.43. The summed E-state index contributed by atoms with van der Waals surface area (Å²) in [6, 6.07) is 6.20. The zero-order valence-electron chi connectivity index (χ0n) is 10.9. The first-order valence-electron chi connectivity index (χ1n) is 6.15. The van der Waals surface area contributed by atoms with Crippen molar-refractivity contribution in [3.8, 4) is 0 Å². The van der Waals surface area contributed by atoms with Crippen LogP contribution in [0, 0.1) is 5.82 Å². The number of halogens is 2.